The molecule has 4 unspecified atom stereocenters. The van der Waals surface area contributed by atoms with Gasteiger partial charge in [0.25, 0.3) is 0 Å². The van der Waals surface area contributed by atoms with E-state index in [1.807, 2.05) is 26.0 Å². The van der Waals surface area contributed by atoms with Crippen molar-refractivity contribution in [3.05, 3.63) is 41.9 Å². The first-order chi connectivity index (χ1) is 15.2. The number of aromatic nitrogens is 2. The molecule has 4 rings (SSSR count). The molecule has 0 aromatic carbocycles. The molecule has 0 spiro atoms. The maximum absolute atomic E-state index is 12.9. The first-order valence-electron chi connectivity index (χ1n) is 11.2. The summed E-state index contributed by atoms with van der Waals surface area (Å²) in [5.74, 6) is 1.31. The third kappa shape index (κ3) is 5.07. The van der Waals surface area contributed by atoms with Crippen molar-refractivity contribution in [2.75, 3.05) is 10.6 Å². The number of fused-ring (bicyclic) bond motifs is 2. The summed E-state index contributed by atoms with van der Waals surface area (Å²) in [4.78, 5) is 21.4. The third-order valence-electron chi connectivity index (χ3n) is 6.49. The van der Waals surface area contributed by atoms with Crippen molar-refractivity contribution < 1.29 is 9.90 Å². The summed E-state index contributed by atoms with van der Waals surface area (Å²) >= 11 is 0. The molecule has 2 amide bonds. The summed E-state index contributed by atoms with van der Waals surface area (Å²) in [7, 11) is 0. The van der Waals surface area contributed by atoms with E-state index in [4.69, 9.17) is 5.41 Å². The highest BCUT2D eigenvalue weighted by Crippen LogP contribution is 2.48. The highest BCUT2D eigenvalue weighted by molar-refractivity contribution is 5.92. The Morgan fingerprint density at radius 1 is 1.28 bits per heavy atom. The lowest BCUT2D eigenvalue weighted by atomic mass is 9.59. The van der Waals surface area contributed by atoms with E-state index in [0.29, 0.717) is 35.3 Å². The van der Waals surface area contributed by atoms with Crippen LogP contribution in [-0.2, 0) is 0 Å². The van der Waals surface area contributed by atoms with Gasteiger partial charge in [0.15, 0.2) is 0 Å². The molecule has 2 aromatic heterocycles. The van der Waals surface area contributed by atoms with Gasteiger partial charge in [-0.3, -0.25) is 10.3 Å². The second-order valence-corrected chi connectivity index (χ2v) is 9.96. The van der Waals surface area contributed by atoms with Crippen LogP contribution in [0.25, 0.3) is 0 Å². The number of hydrogen-bond acceptors (Lipinski definition) is 6. The molecule has 2 aromatic rings. The normalized spacial score (nSPS) is 29.1. The van der Waals surface area contributed by atoms with E-state index in [2.05, 4.69) is 32.8 Å². The summed E-state index contributed by atoms with van der Waals surface area (Å²) in [6.07, 6.45) is 8.75. The highest BCUT2D eigenvalue weighted by Gasteiger charge is 2.49. The smallest absolute Gasteiger partial charge is 0.320 e. The fourth-order valence-corrected chi connectivity index (χ4v) is 5.84. The molecule has 2 fully saturated rings. The second-order valence-electron chi connectivity index (χ2n) is 9.96. The minimum atomic E-state index is -0.763. The van der Waals surface area contributed by atoms with Gasteiger partial charge in [-0.2, -0.15) is 0 Å². The molecule has 4 atom stereocenters. The van der Waals surface area contributed by atoms with Crippen LogP contribution in [0.15, 0.2) is 30.6 Å². The number of urea groups is 1. The van der Waals surface area contributed by atoms with Crippen LogP contribution >= 0.6 is 0 Å². The van der Waals surface area contributed by atoms with Gasteiger partial charge in [0.05, 0.1) is 17.5 Å². The van der Waals surface area contributed by atoms with E-state index in [1.165, 1.54) is 6.21 Å². The van der Waals surface area contributed by atoms with Crippen LogP contribution in [0.1, 0.15) is 57.2 Å². The number of hydrogen-bond donors (Lipinski definition) is 5. The fourth-order valence-electron chi connectivity index (χ4n) is 5.84. The molecule has 0 radical (unpaired) electrons. The van der Waals surface area contributed by atoms with Crippen molar-refractivity contribution in [1.82, 2.24) is 15.3 Å². The SMILES string of the molecule is Cc1cc(Nc2cnc(NC(=O)NC34CC(C)CC(CC(C)(O)C3)C4)cc2C=N)ccn1. The zero-order valence-corrected chi connectivity index (χ0v) is 18.9. The van der Waals surface area contributed by atoms with Gasteiger partial charge in [0.1, 0.15) is 5.82 Å². The van der Waals surface area contributed by atoms with Gasteiger partial charge >= 0.3 is 6.03 Å². The number of carbonyl (C=O) groups is 1. The van der Waals surface area contributed by atoms with Crippen LogP contribution in [0.4, 0.5) is 22.0 Å². The number of rotatable bonds is 5. The van der Waals surface area contributed by atoms with Crippen LogP contribution in [-0.4, -0.2) is 38.5 Å². The third-order valence-corrected chi connectivity index (χ3v) is 6.49. The van der Waals surface area contributed by atoms with Gasteiger partial charge in [-0.05, 0) is 76.0 Å². The summed E-state index contributed by atoms with van der Waals surface area (Å²) in [5, 5.41) is 27.8. The van der Waals surface area contributed by atoms with Gasteiger partial charge in [-0.15, -0.1) is 0 Å². The van der Waals surface area contributed by atoms with E-state index in [1.54, 1.807) is 18.5 Å². The second kappa shape index (κ2) is 8.50. The van der Waals surface area contributed by atoms with E-state index in [-0.39, 0.29) is 6.03 Å². The van der Waals surface area contributed by atoms with Crippen LogP contribution in [0.2, 0.25) is 0 Å². The van der Waals surface area contributed by atoms with Gasteiger partial charge in [-0.1, -0.05) is 6.92 Å². The van der Waals surface area contributed by atoms with Gasteiger partial charge in [0, 0.05) is 34.9 Å². The Bertz CT molecular complexity index is 1020. The number of amides is 2. The molecule has 2 aliphatic rings. The number of nitrogens with one attached hydrogen (secondary N) is 4. The monoisotopic (exact) mass is 436 g/mol. The molecule has 8 heteroatoms. The van der Waals surface area contributed by atoms with Crippen molar-refractivity contribution in [2.45, 2.75) is 64.0 Å². The summed E-state index contributed by atoms with van der Waals surface area (Å²) in [6.45, 7) is 6.00. The number of aryl methyl sites for hydroxylation is 1. The zero-order chi connectivity index (χ0) is 22.9. The molecule has 2 aliphatic carbocycles. The summed E-state index contributed by atoms with van der Waals surface area (Å²) in [5.41, 5.74) is 1.84. The van der Waals surface area contributed by atoms with Crippen LogP contribution in [0.3, 0.4) is 0 Å². The summed E-state index contributed by atoms with van der Waals surface area (Å²) in [6, 6.07) is 5.09. The largest absolute Gasteiger partial charge is 0.390 e. The molecule has 2 saturated carbocycles. The van der Waals surface area contributed by atoms with Crippen molar-refractivity contribution in [3.8, 4) is 0 Å². The lowest BCUT2D eigenvalue weighted by Gasteiger charge is -2.52. The Labute approximate surface area is 188 Å². The predicted octanol–water partition coefficient (Wildman–Crippen LogP) is 4.37. The molecule has 2 heterocycles. The van der Waals surface area contributed by atoms with E-state index in [0.717, 1.165) is 37.1 Å². The first kappa shape index (κ1) is 22.2. The Balaban J connectivity index is 1.46. The van der Waals surface area contributed by atoms with Gasteiger partial charge in [0.2, 0.25) is 0 Å². The minimum absolute atomic E-state index is 0.329. The molecular weight excluding hydrogens is 404 g/mol. The first-order valence-corrected chi connectivity index (χ1v) is 11.2. The number of nitrogens with zero attached hydrogens (tertiary/aromatic N) is 2. The standard InChI is InChI=1S/C24H32N6O2/c1-15-6-17-10-23(3,32)14-24(9-15,11-17)30-22(31)29-21-8-18(12-25)20(13-27-21)28-19-4-5-26-16(2)7-19/h4-5,7-8,12-13,15,17,25,32H,6,9-11,14H2,1-3H3,(H,26,28)(H2,27,29,30,31). The van der Waals surface area contributed by atoms with Crippen LogP contribution in [0.5, 0.6) is 0 Å². The van der Waals surface area contributed by atoms with Crippen LogP contribution in [0, 0.1) is 24.2 Å². The number of aliphatic hydroxyl groups is 1. The van der Waals surface area contributed by atoms with Crippen molar-refractivity contribution in [3.63, 3.8) is 0 Å². The lowest BCUT2D eigenvalue weighted by molar-refractivity contribution is -0.0637. The van der Waals surface area contributed by atoms with Gasteiger partial charge in [-0.25, -0.2) is 9.78 Å². The molecule has 2 bridgehead atoms. The van der Waals surface area contributed by atoms with Crippen molar-refractivity contribution in [2.24, 2.45) is 11.8 Å². The highest BCUT2D eigenvalue weighted by atomic mass is 16.3. The molecule has 8 nitrogen and oxygen atoms in total. The summed E-state index contributed by atoms with van der Waals surface area (Å²) < 4.78 is 0. The van der Waals surface area contributed by atoms with Crippen LogP contribution < -0.4 is 16.0 Å². The predicted molar refractivity (Wildman–Crippen MR) is 126 cm³/mol. The van der Waals surface area contributed by atoms with E-state index >= 15 is 0 Å². The molecule has 32 heavy (non-hydrogen) atoms. The van der Waals surface area contributed by atoms with E-state index in [9.17, 15) is 9.90 Å². The lowest BCUT2D eigenvalue weighted by Crippen LogP contribution is -2.61. The Morgan fingerprint density at radius 2 is 2.09 bits per heavy atom. The number of pyridine rings is 2. The maximum atomic E-state index is 12.9. The van der Waals surface area contributed by atoms with Crippen molar-refractivity contribution in [1.29, 1.82) is 5.41 Å². The Hall–Kier alpha value is -3.00. The molecule has 170 valence electrons. The number of carbonyl (C=O) groups excluding carboxylic acids is 1. The van der Waals surface area contributed by atoms with Crippen molar-refractivity contribution >= 4 is 29.4 Å². The Kier molecular flexibility index (Phi) is 5.90. The maximum Gasteiger partial charge on any atom is 0.320 e. The quantitative estimate of drug-likeness (QED) is 0.446. The topological polar surface area (TPSA) is 123 Å². The zero-order valence-electron chi connectivity index (χ0n) is 18.9. The van der Waals surface area contributed by atoms with E-state index < -0.39 is 11.1 Å². The van der Waals surface area contributed by atoms with Gasteiger partial charge < -0.3 is 21.1 Å². The fraction of sp³-hybridized carbons (Fsp3) is 0.500. The number of anilines is 3. The molecule has 5 N–H and O–H groups in total. The molecular formula is C24H32N6O2. The molecule has 0 aliphatic heterocycles. The minimum Gasteiger partial charge on any atom is -0.390 e. The molecule has 0 saturated heterocycles. The average molecular weight is 437 g/mol. The Morgan fingerprint density at radius 3 is 2.84 bits per heavy atom. The average Bonchev–Trinajstić information content (AvgIpc) is 2.66.